The highest BCUT2D eigenvalue weighted by Crippen LogP contribution is 2.23. The number of benzene rings is 1. The summed E-state index contributed by atoms with van der Waals surface area (Å²) in [6, 6.07) is 5.50. The van der Waals surface area contributed by atoms with Crippen LogP contribution in [0, 0.1) is 0 Å². The predicted octanol–water partition coefficient (Wildman–Crippen LogP) is 3.37. The Bertz CT molecular complexity index is 449. The molecule has 20 heavy (non-hydrogen) atoms. The zero-order valence-corrected chi connectivity index (χ0v) is 13.2. The van der Waals surface area contributed by atoms with Crippen molar-refractivity contribution in [3.63, 3.8) is 0 Å². The summed E-state index contributed by atoms with van der Waals surface area (Å²) in [7, 11) is 0. The molecule has 0 saturated carbocycles. The molecular weight excluding hydrogens is 274 g/mol. The molecule has 0 heterocycles. The maximum atomic E-state index is 12.0. The zero-order valence-electron chi connectivity index (χ0n) is 12.4. The van der Waals surface area contributed by atoms with Crippen LogP contribution in [0.15, 0.2) is 18.2 Å². The van der Waals surface area contributed by atoms with Crippen molar-refractivity contribution in [1.29, 1.82) is 0 Å². The molecule has 0 aliphatic carbocycles. The second kappa shape index (κ2) is 8.12. The Morgan fingerprint density at radius 1 is 1.40 bits per heavy atom. The number of hydrogen-bond donors (Lipinski definition) is 2. The normalized spacial score (nSPS) is 11.1. The monoisotopic (exact) mass is 297 g/mol. The van der Waals surface area contributed by atoms with Gasteiger partial charge in [0.1, 0.15) is 0 Å². The number of anilines is 2. The van der Waals surface area contributed by atoms with Crippen LogP contribution in [-0.2, 0) is 4.79 Å². The van der Waals surface area contributed by atoms with Crippen molar-refractivity contribution in [3.05, 3.63) is 23.2 Å². The first-order chi connectivity index (χ1) is 9.43. The van der Waals surface area contributed by atoms with Gasteiger partial charge in [0.25, 0.3) is 0 Å². The van der Waals surface area contributed by atoms with Gasteiger partial charge in [0, 0.05) is 24.0 Å². The van der Waals surface area contributed by atoms with Crippen LogP contribution in [0.2, 0.25) is 5.02 Å². The number of carbonyl (C=O) groups is 1. The number of rotatable bonds is 7. The SMILES string of the molecule is CCCN(CCC(=O)Nc1cc(Cl)ccc1N)C(C)C. The van der Waals surface area contributed by atoms with E-state index in [0.29, 0.717) is 28.9 Å². The highest BCUT2D eigenvalue weighted by atomic mass is 35.5. The van der Waals surface area contributed by atoms with Gasteiger partial charge in [-0.3, -0.25) is 4.79 Å². The van der Waals surface area contributed by atoms with E-state index in [9.17, 15) is 4.79 Å². The third kappa shape index (κ3) is 5.39. The van der Waals surface area contributed by atoms with Crippen LogP contribution >= 0.6 is 11.6 Å². The van der Waals surface area contributed by atoms with E-state index < -0.39 is 0 Å². The number of nitrogen functional groups attached to an aromatic ring is 1. The van der Waals surface area contributed by atoms with Gasteiger partial charge in [-0.15, -0.1) is 0 Å². The summed E-state index contributed by atoms with van der Waals surface area (Å²) in [5, 5.41) is 3.37. The number of amides is 1. The maximum Gasteiger partial charge on any atom is 0.225 e. The summed E-state index contributed by atoms with van der Waals surface area (Å²) >= 11 is 5.90. The van der Waals surface area contributed by atoms with Crippen molar-refractivity contribution in [1.82, 2.24) is 4.90 Å². The molecule has 0 fully saturated rings. The average molecular weight is 298 g/mol. The molecule has 0 atom stereocenters. The Balaban J connectivity index is 2.53. The second-order valence-electron chi connectivity index (χ2n) is 5.16. The fourth-order valence-electron chi connectivity index (χ4n) is 2.01. The van der Waals surface area contributed by atoms with E-state index in [1.165, 1.54) is 0 Å². The molecule has 5 heteroatoms. The summed E-state index contributed by atoms with van der Waals surface area (Å²) in [6.45, 7) is 8.18. The lowest BCUT2D eigenvalue weighted by Crippen LogP contribution is -2.34. The molecule has 0 radical (unpaired) electrons. The summed E-state index contributed by atoms with van der Waals surface area (Å²) in [5.74, 6) is -0.0410. The summed E-state index contributed by atoms with van der Waals surface area (Å²) in [6.07, 6.45) is 1.53. The highest BCUT2D eigenvalue weighted by Gasteiger charge is 2.11. The third-order valence-electron chi connectivity index (χ3n) is 3.16. The summed E-state index contributed by atoms with van der Waals surface area (Å²) in [5.41, 5.74) is 6.91. The lowest BCUT2D eigenvalue weighted by molar-refractivity contribution is -0.116. The topological polar surface area (TPSA) is 58.4 Å². The van der Waals surface area contributed by atoms with Crippen molar-refractivity contribution in [2.45, 2.75) is 39.7 Å². The van der Waals surface area contributed by atoms with E-state index in [-0.39, 0.29) is 5.91 Å². The molecule has 0 aromatic heterocycles. The van der Waals surface area contributed by atoms with Crippen LogP contribution in [0.5, 0.6) is 0 Å². The number of nitrogens with zero attached hydrogens (tertiary/aromatic N) is 1. The molecule has 4 nitrogen and oxygen atoms in total. The first-order valence-corrected chi connectivity index (χ1v) is 7.40. The van der Waals surface area contributed by atoms with E-state index in [0.717, 1.165) is 19.5 Å². The Kier molecular flexibility index (Phi) is 6.82. The molecular formula is C15H24ClN3O. The van der Waals surface area contributed by atoms with Gasteiger partial charge in [-0.05, 0) is 45.0 Å². The molecule has 0 saturated heterocycles. The molecule has 0 aliphatic heterocycles. The van der Waals surface area contributed by atoms with Gasteiger partial charge < -0.3 is 16.0 Å². The van der Waals surface area contributed by atoms with Crippen LogP contribution < -0.4 is 11.1 Å². The molecule has 1 aromatic rings. The van der Waals surface area contributed by atoms with E-state index in [4.69, 9.17) is 17.3 Å². The van der Waals surface area contributed by atoms with E-state index >= 15 is 0 Å². The molecule has 1 aromatic carbocycles. The minimum atomic E-state index is -0.0410. The molecule has 1 amide bonds. The smallest absolute Gasteiger partial charge is 0.225 e. The second-order valence-corrected chi connectivity index (χ2v) is 5.60. The fraction of sp³-hybridized carbons (Fsp3) is 0.533. The highest BCUT2D eigenvalue weighted by molar-refractivity contribution is 6.31. The van der Waals surface area contributed by atoms with Gasteiger partial charge in [0.15, 0.2) is 0 Å². The standard InChI is InChI=1S/C15H24ClN3O/c1-4-8-19(11(2)3)9-7-15(20)18-14-10-12(16)5-6-13(14)17/h5-6,10-11H,4,7-9,17H2,1-3H3,(H,18,20). The van der Waals surface area contributed by atoms with E-state index in [1.807, 2.05) is 0 Å². The Morgan fingerprint density at radius 2 is 2.10 bits per heavy atom. The van der Waals surface area contributed by atoms with Crippen molar-refractivity contribution in [2.75, 3.05) is 24.1 Å². The van der Waals surface area contributed by atoms with Crippen LogP contribution in [0.4, 0.5) is 11.4 Å². The van der Waals surface area contributed by atoms with Crippen LogP contribution in [0.25, 0.3) is 0 Å². The van der Waals surface area contributed by atoms with Gasteiger partial charge in [-0.25, -0.2) is 0 Å². The van der Waals surface area contributed by atoms with Crippen LogP contribution in [-0.4, -0.2) is 29.9 Å². The lowest BCUT2D eigenvalue weighted by Gasteiger charge is -2.25. The lowest BCUT2D eigenvalue weighted by atomic mass is 10.2. The maximum absolute atomic E-state index is 12.0. The minimum Gasteiger partial charge on any atom is -0.397 e. The Morgan fingerprint density at radius 3 is 2.70 bits per heavy atom. The molecule has 0 spiro atoms. The van der Waals surface area contributed by atoms with E-state index in [1.54, 1.807) is 18.2 Å². The largest absolute Gasteiger partial charge is 0.397 e. The Hall–Kier alpha value is -1.26. The minimum absolute atomic E-state index is 0.0410. The van der Waals surface area contributed by atoms with Gasteiger partial charge in [0.2, 0.25) is 5.91 Å². The first-order valence-electron chi connectivity index (χ1n) is 7.03. The number of nitrogens with one attached hydrogen (secondary N) is 1. The molecule has 0 unspecified atom stereocenters. The molecule has 112 valence electrons. The van der Waals surface area contributed by atoms with Gasteiger partial charge >= 0.3 is 0 Å². The number of carbonyl (C=O) groups excluding carboxylic acids is 1. The van der Waals surface area contributed by atoms with Crippen molar-refractivity contribution < 1.29 is 4.79 Å². The van der Waals surface area contributed by atoms with Crippen LogP contribution in [0.3, 0.4) is 0 Å². The van der Waals surface area contributed by atoms with Gasteiger partial charge in [-0.2, -0.15) is 0 Å². The van der Waals surface area contributed by atoms with Crippen molar-refractivity contribution in [3.8, 4) is 0 Å². The van der Waals surface area contributed by atoms with Crippen LogP contribution in [0.1, 0.15) is 33.6 Å². The van der Waals surface area contributed by atoms with Crippen molar-refractivity contribution >= 4 is 28.9 Å². The zero-order chi connectivity index (χ0) is 15.1. The number of nitrogens with two attached hydrogens (primary N) is 1. The van der Waals surface area contributed by atoms with Gasteiger partial charge in [-0.1, -0.05) is 18.5 Å². The molecule has 3 N–H and O–H groups in total. The Labute approximate surface area is 126 Å². The number of hydrogen-bond acceptors (Lipinski definition) is 3. The quantitative estimate of drug-likeness (QED) is 0.759. The average Bonchev–Trinajstić information content (AvgIpc) is 2.38. The first kappa shape index (κ1) is 16.8. The summed E-state index contributed by atoms with van der Waals surface area (Å²) < 4.78 is 0. The third-order valence-corrected chi connectivity index (χ3v) is 3.39. The number of halogens is 1. The predicted molar refractivity (Wildman–Crippen MR) is 86.1 cm³/mol. The molecule has 0 bridgehead atoms. The fourth-order valence-corrected chi connectivity index (χ4v) is 2.18. The van der Waals surface area contributed by atoms with Gasteiger partial charge in [0.05, 0.1) is 11.4 Å². The summed E-state index contributed by atoms with van der Waals surface area (Å²) in [4.78, 5) is 14.3. The van der Waals surface area contributed by atoms with Crippen molar-refractivity contribution in [2.24, 2.45) is 0 Å². The molecule has 1 rings (SSSR count). The molecule has 0 aliphatic rings. The van der Waals surface area contributed by atoms with E-state index in [2.05, 4.69) is 31.0 Å².